The fourth-order valence-electron chi connectivity index (χ4n) is 1.46. The van der Waals surface area contributed by atoms with Gasteiger partial charge in [0.25, 0.3) is 3.91 Å². The van der Waals surface area contributed by atoms with Crippen LogP contribution in [0.5, 0.6) is 0 Å². The van der Waals surface area contributed by atoms with Gasteiger partial charge in [-0.05, 0) is 25.7 Å². The topological polar surface area (TPSA) is 38.3 Å². The van der Waals surface area contributed by atoms with Crippen molar-refractivity contribution < 1.29 is 7.86 Å². The Bertz CT molecular complexity index is 157. The molecule has 1 rings (SSSR count). The molecule has 0 aromatic carbocycles. The first-order valence-electron chi connectivity index (χ1n) is 3.95. The number of rotatable bonds is 2. The maximum Gasteiger partial charge on any atom is 0.280 e. The SMILES string of the molecule is O=C(I)NC1CCC(OI)CC1. The zero-order valence-corrected chi connectivity index (χ0v) is 10.9. The molecule has 70 valence electrons. The summed E-state index contributed by atoms with van der Waals surface area (Å²) in [6.07, 6.45) is 4.60. The second-order valence-electron chi connectivity index (χ2n) is 2.98. The van der Waals surface area contributed by atoms with Crippen molar-refractivity contribution in [2.75, 3.05) is 0 Å². The van der Waals surface area contributed by atoms with Gasteiger partial charge in [0.15, 0.2) is 0 Å². The van der Waals surface area contributed by atoms with Gasteiger partial charge in [0.05, 0.1) is 6.10 Å². The number of nitrogens with one attached hydrogen (secondary N) is 1. The third kappa shape index (κ3) is 3.73. The van der Waals surface area contributed by atoms with Crippen molar-refractivity contribution in [1.29, 1.82) is 0 Å². The number of carbonyl (C=O) groups excluding carboxylic acids is 1. The van der Waals surface area contributed by atoms with Gasteiger partial charge in [0.1, 0.15) is 23.0 Å². The van der Waals surface area contributed by atoms with Crippen molar-refractivity contribution in [3.63, 3.8) is 0 Å². The average molecular weight is 395 g/mol. The fraction of sp³-hybridized carbons (Fsp3) is 0.857. The Morgan fingerprint density at radius 3 is 2.33 bits per heavy atom. The Kier molecular flexibility index (Phi) is 5.10. The van der Waals surface area contributed by atoms with Gasteiger partial charge in [-0.3, -0.25) is 4.79 Å². The van der Waals surface area contributed by atoms with Gasteiger partial charge in [-0.1, -0.05) is 0 Å². The van der Waals surface area contributed by atoms with Gasteiger partial charge >= 0.3 is 0 Å². The minimum absolute atomic E-state index is 0.0476. The smallest absolute Gasteiger partial charge is 0.280 e. The Hall–Kier alpha value is 0.890. The van der Waals surface area contributed by atoms with Gasteiger partial charge in [0.2, 0.25) is 0 Å². The molecule has 1 aliphatic rings. The molecular formula is C7H11I2NO2. The predicted octanol–water partition coefficient (Wildman–Crippen LogP) is 2.81. The van der Waals surface area contributed by atoms with Gasteiger partial charge in [-0.15, -0.1) is 0 Å². The first kappa shape index (κ1) is 11.0. The molecular weight excluding hydrogens is 384 g/mol. The number of halogens is 2. The van der Waals surface area contributed by atoms with E-state index in [1.54, 1.807) is 22.6 Å². The van der Waals surface area contributed by atoms with Crippen molar-refractivity contribution >= 4 is 49.5 Å². The van der Waals surface area contributed by atoms with Crippen LogP contribution >= 0.6 is 45.6 Å². The third-order valence-electron chi connectivity index (χ3n) is 2.12. The molecule has 0 radical (unpaired) electrons. The van der Waals surface area contributed by atoms with Gasteiger partial charge in [-0.2, -0.15) is 0 Å². The zero-order valence-electron chi connectivity index (χ0n) is 6.56. The predicted molar refractivity (Wildman–Crippen MR) is 63.7 cm³/mol. The maximum atomic E-state index is 10.7. The molecule has 1 N–H and O–H groups in total. The van der Waals surface area contributed by atoms with E-state index in [-0.39, 0.29) is 3.91 Å². The van der Waals surface area contributed by atoms with Crippen molar-refractivity contribution in [2.24, 2.45) is 0 Å². The minimum atomic E-state index is 0.0476. The number of carbonyl (C=O) groups is 1. The van der Waals surface area contributed by atoms with Crippen LogP contribution in [0.25, 0.3) is 0 Å². The summed E-state index contributed by atoms with van der Waals surface area (Å²) in [5.41, 5.74) is 0. The van der Waals surface area contributed by atoms with Crippen molar-refractivity contribution in [2.45, 2.75) is 37.8 Å². The first-order valence-corrected chi connectivity index (χ1v) is 5.91. The molecule has 0 bridgehead atoms. The van der Waals surface area contributed by atoms with Crippen LogP contribution < -0.4 is 5.32 Å². The Morgan fingerprint density at radius 1 is 1.33 bits per heavy atom. The van der Waals surface area contributed by atoms with Crippen LogP contribution in [-0.4, -0.2) is 16.1 Å². The standard InChI is InChI=1S/C7H11I2NO2/c8-7(11)10-5-1-3-6(12-9)4-2-5/h5-6H,1-4H2,(H,10,11). The Balaban J connectivity index is 2.21. The van der Waals surface area contributed by atoms with Gasteiger partial charge < -0.3 is 8.38 Å². The van der Waals surface area contributed by atoms with E-state index in [1.807, 2.05) is 23.0 Å². The molecule has 1 amide bonds. The highest BCUT2D eigenvalue weighted by atomic mass is 127. The third-order valence-corrected chi connectivity index (χ3v) is 3.15. The normalized spacial score (nSPS) is 29.8. The quantitative estimate of drug-likeness (QED) is 0.444. The monoisotopic (exact) mass is 395 g/mol. The Morgan fingerprint density at radius 2 is 1.92 bits per heavy atom. The van der Waals surface area contributed by atoms with E-state index in [0.717, 1.165) is 25.7 Å². The molecule has 0 aromatic heterocycles. The first-order chi connectivity index (χ1) is 5.72. The average Bonchev–Trinajstić information content (AvgIpc) is 2.05. The fourth-order valence-corrected chi connectivity index (χ4v) is 2.41. The maximum absolute atomic E-state index is 10.7. The summed E-state index contributed by atoms with van der Waals surface area (Å²) in [7, 11) is 0. The molecule has 0 spiro atoms. The molecule has 0 heterocycles. The highest BCUT2D eigenvalue weighted by Crippen LogP contribution is 2.22. The number of amides is 1. The van der Waals surface area contributed by atoms with E-state index in [4.69, 9.17) is 3.07 Å². The minimum Gasteiger partial charge on any atom is -0.345 e. The lowest BCUT2D eigenvalue weighted by molar-refractivity contribution is 0.192. The summed E-state index contributed by atoms with van der Waals surface area (Å²) in [6.45, 7) is 0. The largest absolute Gasteiger partial charge is 0.345 e. The van der Waals surface area contributed by atoms with Crippen LogP contribution in [0.15, 0.2) is 0 Å². The molecule has 0 atom stereocenters. The van der Waals surface area contributed by atoms with Crippen molar-refractivity contribution in [3.8, 4) is 0 Å². The van der Waals surface area contributed by atoms with Crippen LogP contribution in [0.3, 0.4) is 0 Å². The van der Waals surface area contributed by atoms with Crippen LogP contribution in [-0.2, 0) is 3.07 Å². The lowest BCUT2D eigenvalue weighted by Crippen LogP contribution is -2.35. The summed E-state index contributed by atoms with van der Waals surface area (Å²) >= 11 is 3.73. The summed E-state index contributed by atoms with van der Waals surface area (Å²) in [6, 6.07) is 0.372. The van der Waals surface area contributed by atoms with E-state index in [9.17, 15) is 4.79 Å². The summed E-state index contributed by atoms with van der Waals surface area (Å²) in [4.78, 5) is 10.7. The molecule has 0 aromatic rings. The van der Waals surface area contributed by atoms with Crippen LogP contribution in [0.4, 0.5) is 4.79 Å². The summed E-state index contributed by atoms with van der Waals surface area (Å²) < 4.78 is 5.25. The summed E-state index contributed by atoms with van der Waals surface area (Å²) in [5, 5.41) is 2.92. The number of hydrogen-bond donors (Lipinski definition) is 1. The van der Waals surface area contributed by atoms with Gasteiger partial charge in [-0.25, -0.2) is 0 Å². The summed E-state index contributed by atoms with van der Waals surface area (Å²) in [5.74, 6) is 0. The molecule has 1 aliphatic carbocycles. The highest BCUT2D eigenvalue weighted by molar-refractivity contribution is 14.1. The van der Waals surface area contributed by atoms with E-state index >= 15 is 0 Å². The molecule has 0 aliphatic heterocycles. The molecule has 12 heavy (non-hydrogen) atoms. The lowest BCUT2D eigenvalue weighted by atomic mass is 9.93. The molecule has 0 unspecified atom stereocenters. The van der Waals surface area contributed by atoms with Gasteiger partial charge in [0, 0.05) is 28.6 Å². The van der Waals surface area contributed by atoms with Crippen molar-refractivity contribution in [3.05, 3.63) is 0 Å². The second-order valence-corrected chi connectivity index (χ2v) is 4.47. The lowest BCUT2D eigenvalue weighted by Gasteiger charge is -2.26. The van der Waals surface area contributed by atoms with E-state index in [0.29, 0.717) is 12.1 Å². The molecule has 3 nitrogen and oxygen atoms in total. The second kappa shape index (κ2) is 5.58. The molecule has 1 fully saturated rings. The van der Waals surface area contributed by atoms with Crippen LogP contribution in [0.1, 0.15) is 25.7 Å². The number of hydrogen-bond acceptors (Lipinski definition) is 2. The van der Waals surface area contributed by atoms with Crippen LogP contribution in [0, 0.1) is 0 Å². The van der Waals surface area contributed by atoms with E-state index in [2.05, 4.69) is 5.32 Å². The zero-order chi connectivity index (χ0) is 8.97. The van der Waals surface area contributed by atoms with Crippen molar-refractivity contribution in [1.82, 2.24) is 5.32 Å². The van der Waals surface area contributed by atoms with Crippen LogP contribution in [0.2, 0.25) is 0 Å². The Labute approximate surface area is 99.8 Å². The van der Waals surface area contributed by atoms with E-state index in [1.165, 1.54) is 0 Å². The molecule has 5 heteroatoms. The molecule has 0 saturated heterocycles. The van der Waals surface area contributed by atoms with E-state index < -0.39 is 0 Å². The highest BCUT2D eigenvalue weighted by Gasteiger charge is 2.21. The molecule has 1 saturated carbocycles.